The first-order valence-electron chi connectivity index (χ1n) is 6.98. The molecule has 0 radical (unpaired) electrons. The lowest BCUT2D eigenvalue weighted by Gasteiger charge is -2.31. The zero-order valence-corrected chi connectivity index (χ0v) is 11.8. The summed E-state index contributed by atoms with van der Waals surface area (Å²) in [6.07, 6.45) is 2.09. The molecule has 110 valence electrons. The van der Waals surface area contributed by atoms with Crippen LogP contribution in [0.25, 0.3) is 0 Å². The Hall–Kier alpha value is -1.59. The molecule has 1 aliphatic rings. The Morgan fingerprint density at radius 2 is 2.20 bits per heavy atom. The van der Waals surface area contributed by atoms with Crippen LogP contribution in [0, 0.1) is 5.92 Å². The molecule has 2 rings (SSSR count). The summed E-state index contributed by atoms with van der Waals surface area (Å²) in [4.78, 5) is 14.1. The number of benzene rings is 1. The predicted molar refractivity (Wildman–Crippen MR) is 77.9 cm³/mol. The van der Waals surface area contributed by atoms with Gasteiger partial charge in [-0.15, -0.1) is 0 Å². The van der Waals surface area contributed by atoms with Gasteiger partial charge in [0.15, 0.2) is 0 Å². The fraction of sp³-hybridized carbons (Fsp3) is 0.533. The Balaban J connectivity index is 1.82. The highest BCUT2D eigenvalue weighted by molar-refractivity contribution is 5.92. The Kier molecular flexibility index (Phi) is 5.38. The first kappa shape index (κ1) is 14.8. The van der Waals surface area contributed by atoms with Gasteiger partial charge in [-0.1, -0.05) is 0 Å². The molecule has 1 amide bonds. The Bertz CT molecular complexity index is 433. The molecule has 1 aliphatic heterocycles. The van der Waals surface area contributed by atoms with E-state index in [1.807, 2.05) is 24.3 Å². The van der Waals surface area contributed by atoms with E-state index in [1.54, 1.807) is 7.11 Å². The van der Waals surface area contributed by atoms with Crippen molar-refractivity contribution in [2.75, 3.05) is 38.7 Å². The number of likely N-dealkylation sites (tertiary alicyclic amines) is 1. The molecule has 1 fully saturated rings. The van der Waals surface area contributed by atoms with Crippen molar-refractivity contribution >= 4 is 11.6 Å². The van der Waals surface area contributed by atoms with Crippen molar-refractivity contribution in [2.45, 2.75) is 12.8 Å². The summed E-state index contributed by atoms with van der Waals surface area (Å²) in [5.41, 5.74) is 0.770. The van der Waals surface area contributed by atoms with Crippen molar-refractivity contribution in [3.63, 3.8) is 0 Å². The van der Waals surface area contributed by atoms with Crippen LogP contribution in [-0.4, -0.2) is 49.3 Å². The van der Waals surface area contributed by atoms with E-state index < -0.39 is 0 Å². The number of hydrogen-bond acceptors (Lipinski definition) is 4. The number of piperidine rings is 1. The number of hydrogen-bond donors (Lipinski definition) is 2. The summed E-state index contributed by atoms with van der Waals surface area (Å²) < 4.78 is 5.08. The van der Waals surface area contributed by atoms with E-state index in [4.69, 9.17) is 4.74 Å². The van der Waals surface area contributed by atoms with Gasteiger partial charge in [0.1, 0.15) is 5.75 Å². The number of nitrogens with zero attached hydrogens (tertiary/aromatic N) is 1. The van der Waals surface area contributed by atoms with E-state index in [0.29, 0.717) is 12.5 Å². The molecule has 0 aliphatic carbocycles. The average molecular weight is 278 g/mol. The number of nitrogens with one attached hydrogen (secondary N) is 1. The number of aliphatic hydroxyl groups excluding tert-OH is 1. The number of carbonyl (C=O) groups is 1. The van der Waals surface area contributed by atoms with Crippen molar-refractivity contribution < 1.29 is 14.6 Å². The van der Waals surface area contributed by atoms with Gasteiger partial charge in [0.25, 0.3) is 0 Å². The molecule has 5 heteroatoms. The van der Waals surface area contributed by atoms with Crippen molar-refractivity contribution in [1.82, 2.24) is 4.90 Å². The van der Waals surface area contributed by atoms with Gasteiger partial charge < -0.3 is 15.2 Å². The maximum atomic E-state index is 12.0. The zero-order chi connectivity index (χ0) is 14.4. The number of ether oxygens (including phenoxy) is 1. The van der Waals surface area contributed by atoms with Crippen LogP contribution >= 0.6 is 0 Å². The molecular formula is C15H22N2O3. The molecular weight excluding hydrogens is 256 g/mol. The van der Waals surface area contributed by atoms with E-state index in [0.717, 1.165) is 37.4 Å². The second kappa shape index (κ2) is 7.26. The number of rotatable bonds is 5. The summed E-state index contributed by atoms with van der Waals surface area (Å²) in [5.74, 6) is 1.05. The van der Waals surface area contributed by atoms with E-state index in [-0.39, 0.29) is 12.5 Å². The fourth-order valence-electron chi connectivity index (χ4n) is 2.52. The summed E-state index contributed by atoms with van der Waals surface area (Å²) >= 11 is 0. The van der Waals surface area contributed by atoms with E-state index in [2.05, 4.69) is 10.2 Å². The predicted octanol–water partition coefficient (Wildman–Crippen LogP) is 1.34. The Morgan fingerprint density at radius 1 is 1.45 bits per heavy atom. The van der Waals surface area contributed by atoms with Crippen LogP contribution < -0.4 is 10.1 Å². The molecule has 1 atom stereocenters. The van der Waals surface area contributed by atoms with Crippen molar-refractivity contribution in [2.24, 2.45) is 5.92 Å². The second-order valence-corrected chi connectivity index (χ2v) is 5.20. The lowest BCUT2D eigenvalue weighted by atomic mass is 9.99. The number of anilines is 1. The Morgan fingerprint density at radius 3 is 2.85 bits per heavy atom. The quantitative estimate of drug-likeness (QED) is 0.853. The van der Waals surface area contributed by atoms with Crippen LogP contribution in [0.5, 0.6) is 5.75 Å². The van der Waals surface area contributed by atoms with Gasteiger partial charge in [0.05, 0.1) is 13.7 Å². The highest BCUT2D eigenvalue weighted by Crippen LogP contribution is 2.17. The molecule has 0 aromatic heterocycles. The van der Waals surface area contributed by atoms with Crippen molar-refractivity contribution in [3.05, 3.63) is 24.3 Å². The fourth-order valence-corrected chi connectivity index (χ4v) is 2.52. The highest BCUT2D eigenvalue weighted by Gasteiger charge is 2.20. The average Bonchev–Trinajstić information content (AvgIpc) is 2.48. The lowest BCUT2D eigenvalue weighted by Crippen LogP contribution is -2.41. The van der Waals surface area contributed by atoms with Crippen LogP contribution in [0.2, 0.25) is 0 Å². The third-order valence-electron chi connectivity index (χ3n) is 3.60. The van der Waals surface area contributed by atoms with Crippen LogP contribution in [0.15, 0.2) is 24.3 Å². The van der Waals surface area contributed by atoms with Gasteiger partial charge in [-0.25, -0.2) is 0 Å². The number of amides is 1. The second-order valence-electron chi connectivity index (χ2n) is 5.20. The van der Waals surface area contributed by atoms with Crippen molar-refractivity contribution in [3.8, 4) is 5.75 Å². The van der Waals surface area contributed by atoms with Gasteiger partial charge in [0.2, 0.25) is 5.91 Å². The maximum Gasteiger partial charge on any atom is 0.238 e. The topological polar surface area (TPSA) is 61.8 Å². The van der Waals surface area contributed by atoms with Crippen LogP contribution in [-0.2, 0) is 4.79 Å². The highest BCUT2D eigenvalue weighted by atomic mass is 16.5. The largest absolute Gasteiger partial charge is 0.497 e. The first-order chi connectivity index (χ1) is 9.71. The molecule has 1 unspecified atom stereocenters. The molecule has 0 spiro atoms. The molecule has 0 bridgehead atoms. The summed E-state index contributed by atoms with van der Waals surface area (Å²) in [6, 6.07) is 7.28. The van der Waals surface area contributed by atoms with Gasteiger partial charge in [-0.2, -0.15) is 0 Å². The minimum atomic E-state index is -0.0197. The molecule has 20 heavy (non-hydrogen) atoms. The summed E-state index contributed by atoms with van der Waals surface area (Å²) in [5, 5.41) is 12.1. The standard InChI is InChI=1S/C15H22N2O3/c1-20-14-6-4-13(5-7-14)16-15(19)10-17-8-2-3-12(9-17)11-18/h4-7,12,18H,2-3,8-11H2,1H3,(H,16,19). The van der Waals surface area contributed by atoms with E-state index >= 15 is 0 Å². The van der Waals surface area contributed by atoms with Gasteiger partial charge in [0, 0.05) is 18.8 Å². The van der Waals surface area contributed by atoms with E-state index in [1.165, 1.54) is 0 Å². The van der Waals surface area contributed by atoms with Crippen LogP contribution in [0.4, 0.5) is 5.69 Å². The zero-order valence-electron chi connectivity index (χ0n) is 11.8. The molecule has 1 aromatic carbocycles. The van der Waals surface area contributed by atoms with Gasteiger partial charge in [-0.3, -0.25) is 9.69 Å². The Labute approximate surface area is 119 Å². The van der Waals surface area contributed by atoms with Crippen LogP contribution in [0.1, 0.15) is 12.8 Å². The third-order valence-corrected chi connectivity index (χ3v) is 3.60. The van der Waals surface area contributed by atoms with Gasteiger partial charge >= 0.3 is 0 Å². The summed E-state index contributed by atoms with van der Waals surface area (Å²) in [6.45, 7) is 2.30. The normalized spacial score (nSPS) is 19.6. The third kappa shape index (κ3) is 4.21. The minimum Gasteiger partial charge on any atom is -0.497 e. The van der Waals surface area contributed by atoms with Crippen molar-refractivity contribution in [1.29, 1.82) is 0 Å². The maximum absolute atomic E-state index is 12.0. The minimum absolute atomic E-state index is 0.0197. The molecule has 1 aromatic rings. The monoisotopic (exact) mass is 278 g/mol. The van der Waals surface area contributed by atoms with E-state index in [9.17, 15) is 9.90 Å². The SMILES string of the molecule is COc1ccc(NC(=O)CN2CCCC(CO)C2)cc1. The van der Waals surface area contributed by atoms with Gasteiger partial charge in [-0.05, 0) is 49.6 Å². The molecule has 1 heterocycles. The smallest absolute Gasteiger partial charge is 0.238 e. The number of aliphatic hydroxyl groups is 1. The van der Waals surface area contributed by atoms with Crippen LogP contribution in [0.3, 0.4) is 0 Å². The molecule has 0 saturated carbocycles. The molecule has 2 N–H and O–H groups in total. The lowest BCUT2D eigenvalue weighted by molar-refractivity contribution is -0.117. The number of carbonyl (C=O) groups excluding carboxylic acids is 1. The summed E-state index contributed by atoms with van der Waals surface area (Å²) in [7, 11) is 1.61. The molecule has 1 saturated heterocycles. The first-order valence-corrected chi connectivity index (χ1v) is 6.98. The molecule has 5 nitrogen and oxygen atoms in total. The number of methoxy groups -OCH3 is 1.